The van der Waals surface area contributed by atoms with Gasteiger partial charge in [-0.3, -0.25) is 0 Å². The molecule has 0 N–H and O–H groups in total. The van der Waals surface area contributed by atoms with E-state index in [4.69, 9.17) is 0 Å². The van der Waals surface area contributed by atoms with Crippen molar-refractivity contribution in [2.75, 3.05) is 4.90 Å². The first-order valence-electron chi connectivity index (χ1n) is 15.1. The molecular formula is C43H33N. The largest absolute Gasteiger partial charge is 0.337 e. The first-order chi connectivity index (χ1) is 21.8. The Morgan fingerprint density at radius 3 is 0.841 bits per heavy atom. The maximum atomic E-state index is 2.47. The van der Waals surface area contributed by atoms with Gasteiger partial charge in [-0.2, -0.15) is 0 Å². The van der Waals surface area contributed by atoms with Crippen molar-refractivity contribution in [3.8, 4) is 44.5 Å². The fourth-order valence-corrected chi connectivity index (χ4v) is 5.82. The Balaban J connectivity index is 1.46. The van der Waals surface area contributed by atoms with E-state index in [-0.39, 0.29) is 0 Å². The summed E-state index contributed by atoms with van der Waals surface area (Å²) in [5.74, 6) is 0. The first kappa shape index (κ1) is 27.2. The lowest BCUT2D eigenvalue weighted by Gasteiger charge is -2.28. The molecule has 0 amide bonds. The Hall–Kier alpha value is -5.66. The monoisotopic (exact) mass is 563 g/mol. The smallest absolute Gasteiger partial charge is 0.0481 e. The molecule has 1 nitrogen and oxygen atoms in total. The molecule has 1 heteroatoms. The second-order valence-corrected chi connectivity index (χ2v) is 11.1. The van der Waals surface area contributed by atoms with E-state index >= 15 is 0 Å². The minimum absolute atomic E-state index is 0.736. The summed E-state index contributed by atoms with van der Waals surface area (Å²) >= 11 is 0. The Kier molecular flexibility index (Phi) is 7.84. The van der Waals surface area contributed by atoms with Gasteiger partial charge in [-0.05, 0) is 86.5 Å². The van der Waals surface area contributed by atoms with Crippen LogP contribution >= 0.6 is 0 Å². The second-order valence-electron chi connectivity index (χ2n) is 11.1. The first-order valence-corrected chi connectivity index (χ1v) is 15.1. The number of hydrogen-bond acceptors (Lipinski definition) is 1. The lowest BCUT2D eigenvalue weighted by atomic mass is 9.95. The van der Waals surface area contributed by atoms with E-state index in [1.165, 1.54) is 50.1 Å². The number of anilines is 2. The zero-order chi connectivity index (χ0) is 29.6. The Morgan fingerprint density at radius 2 is 0.545 bits per heavy atom. The Labute approximate surface area is 260 Å². The summed E-state index contributed by atoms with van der Waals surface area (Å²) in [6, 6.07) is 67.5. The maximum absolute atomic E-state index is 2.47. The molecule has 0 spiro atoms. The molecule has 0 bridgehead atoms. The van der Waals surface area contributed by atoms with Crippen molar-refractivity contribution in [2.45, 2.75) is 6.54 Å². The third-order valence-electron chi connectivity index (χ3n) is 8.07. The van der Waals surface area contributed by atoms with Gasteiger partial charge < -0.3 is 4.90 Å². The summed E-state index contributed by atoms with van der Waals surface area (Å²) in [6.07, 6.45) is 0. The van der Waals surface area contributed by atoms with Gasteiger partial charge in [0.25, 0.3) is 0 Å². The number of nitrogens with zero attached hydrogens (tertiary/aromatic N) is 1. The molecule has 44 heavy (non-hydrogen) atoms. The number of rotatable bonds is 8. The Morgan fingerprint density at radius 1 is 0.273 bits per heavy atom. The molecule has 7 aromatic carbocycles. The van der Waals surface area contributed by atoms with E-state index in [1.54, 1.807) is 0 Å². The highest BCUT2D eigenvalue weighted by atomic mass is 15.1. The van der Waals surface area contributed by atoms with Gasteiger partial charge in [0.1, 0.15) is 0 Å². The molecule has 0 unspecified atom stereocenters. The van der Waals surface area contributed by atoms with E-state index in [9.17, 15) is 0 Å². The van der Waals surface area contributed by atoms with E-state index < -0.39 is 0 Å². The van der Waals surface area contributed by atoms with Crippen LogP contribution in [0.15, 0.2) is 188 Å². The van der Waals surface area contributed by atoms with Gasteiger partial charge in [0.2, 0.25) is 0 Å². The number of hydrogen-bond donors (Lipinski definition) is 0. The summed E-state index contributed by atoms with van der Waals surface area (Å²) < 4.78 is 0. The van der Waals surface area contributed by atoms with Crippen molar-refractivity contribution < 1.29 is 0 Å². The zero-order valence-corrected chi connectivity index (χ0v) is 24.6. The third kappa shape index (κ3) is 6.09. The standard InChI is InChI=1S/C43H33N/c1-6-16-33(17-7-1)32-44(42-28-38(34-18-8-2-9-19-34)26-39(29-42)35-20-10-3-11-21-35)43-30-40(36-22-12-4-13-23-36)27-41(31-43)37-24-14-5-15-25-37/h1-31H,32H2. The van der Waals surface area contributed by atoms with E-state index in [0.717, 1.165) is 17.9 Å². The molecule has 0 fully saturated rings. The Bertz CT molecular complexity index is 1710. The van der Waals surface area contributed by atoms with Crippen LogP contribution in [-0.2, 0) is 6.54 Å². The van der Waals surface area contributed by atoms with E-state index in [1.807, 2.05) is 0 Å². The summed E-state index contributed by atoms with van der Waals surface area (Å²) in [4.78, 5) is 2.47. The van der Waals surface area contributed by atoms with Gasteiger partial charge in [-0.25, -0.2) is 0 Å². The SMILES string of the molecule is c1ccc(CN(c2cc(-c3ccccc3)cc(-c3ccccc3)c2)c2cc(-c3ccccc3)cc(-c3ccccc3)c2)cc1. The highest BCUT2D eigenvalue weighted by molar-refractivity contribution is 5.84. The van der Waals surface area contributed by atoms with Crippen LogP contribution in [0, 0.1) is 0 Å². The van der Waals surface area contributed by atoms with Crippen molar-refractivity contribution in [1.29, 1.82) is 0 Å². The lowest BCUT2D eigenvalue weighted by Crippen LogP contribution is -2.17. The topological polar surface area (TPSA) is 3.24 Å². The van der Waals surface area contributed by atoms with Gasteiger partial charge in [0.05, 0.1) is 0 Å². The zero-order valence-electron chi connectivity index (χ0n) is 24.6. The predicted octanol–water partition coefficient (Wildman–Crippen LogP) is 11.7. The van der Waals surface area contributed by atoms with E-state index in [0.29, 0.717) is 0 Å². The molecule has 0 saturated carbocycles. The summed E-state index contributed by atoms with van der Waals surface area (Å²) in [5, 5.41) is 0. The second kappa shape index (κ2) is 12.7. The van der Waals surface area contributed by atoms with Crippen LogP contribution < -0.4 is 4.90 Å². The van der Waals surface area contributed by atoms with Gasteiger partial charge in [-0.1, -0.05) is 152 Å². The summed E-state index contributed by atoms with van der Waals surface area (Å²) in [6.45, 7) is 0.736. The van der Waals surface area contributed by atoms with Crippen molar-refractivity contribution in [3.05, 3.63) is 194 Å². The van der Waals surface area contributed by atoms with Crippen molar-refractivity contribution in [3.63, 3.8) is 0 Å². The minimum Gasteiger partial charge on any atom is -0.337 e. The molecule has 0 radical (unpaired) electrons. The fraction of sp³-hybridized carbons (Fsp3) is 0.0233. The summed E-state index contributed by atoms with van der Waals surface area (Å²) in [5.41, 5.74) is 13.2. The fourth-order valence-electron chi connectivity index (χ4n) is 5.82. The molecule has 0 aromatic heterocycles. The van der Waals surface area contributed by atoms with E-state index in [2.05, 4.69) is 193 Å². The van der Waals surface area contributed by atoms with Crippen LogP contribution in [0.5, 0.6) is 0 Å². The predicted molar refractivity (Wildman–Crippen MR) is 187 cm³/mol. The van der Waals surface area contributed by atoms with Crippen molar-refractivity contribution in [1.82, 2.24) is 0 Å². The molecule has 0 aliphatic rings. The molecule has 7 aromatic rings. The molecule has 0 heterocycles. The van der Waals surface area contributed by atoms with Crippen molar-refractivity contribution in [2.24, 2.45) is 0 Å². The number of benzene rings is 7. The minimum atomic E-state index is 0.736. The van der Waals surface area contributed by atoms with Crippen LogP contribution in [-0.4, -0.2) is 0 Å². The molecule has 210 valence electrons. The third-order valence-corrected chi connectivity index (χ3v) is 8.07. The average Bonchev–Trinajstić information content (AvgIpc) is 3.12. The van der Waals surface area contributed by atoms with Crippen LogP contribution in [0.3, 0.4) is 0 Å². The van der Waals surface area contributed by atoms with Crippen molar-refractivity contribution >= 4 is 11.4 Å². The molecule has 0 aliphatic carbocycles. The quantitative estimate of drug-likeness (QED) is 0.178. The average molecular weight is 564 g/mol. The highest BCUT2D eigenvalue weighted by Crippen LogP contribution is 2.39. The molecule has 0 atom stereocenters. The molecule has 0 saturated heterocycles. The normalized spacial score (nSPS) is 10.8. The van der Waals surface area contributed by atoms with Gasteiger partial charge in [0, 0.05) is 17.9 Å². The highest BCUT2D eigenvalue weighted by Gasteiger charge is 2.17. The van der Waals surface area contributed by atoms with Crippen LogP contribution in [0.25, 0.3) is 44.5 Å². The van der Waals surface area contributed by atoms with Crippen LogP contribution in [0.2, 0.25) is 0 Å². The van der Waals surface area contributed by atoms with Gasteiger partial charge in [0.15, 0.2) is 0 Å². The van der Waals surface area contributed by atoms with Crippen LogP contribution in [0.1, 0.15) is 5.56 Å². The summed E-state index contributed by atoms with van der Waals surface area (Å²) in [7, 11) is 0. The molecule has 0 aliphatic heterocycles. The van der Waals surface area contributed by atoms with Crippen LogP contribution in [0.4, 0.5) is 11.4 Å². The van der Waals surface area contributed by atoms with Gasteiger partial charge >= 0.3 is 0 Å². The molecular weight excluding hydrogens is 530 g/mol. The van der Waals surface area contributed by atoms with Gasteiger partial charge in [-0.15, -0.1) is 0 Å². The lowest BCUT2D eigenvalue weighted by molar-refractivity contribution is 0.976. The maximum Gasteiger partial charge on any atom is 0.0481 e. The molecule has 7 rings (SSSR count).